The number of benzene rings is 3. The van der Waals surface area contributed by atoms with Crippen molar-refractivity contribution in [3.63, 3.8) is 0 Å². The Labute approximate surface area is 266 Å². The molecule has 4 heterocycles. The zero-order valence-electron chi connectivity index (χ0n) is 25.7. The Hall–Kier alpha value is -4.31. The third-order valence-corrected chi connectivity index (χ3v) is 9.32. The van der Waals surface area contributed by atoms with Gasteiger partial charge in [-0.2, -0.15) is 0 Å². The molecule has 0 unspecified atom stereocenters. The minimum Gasteiger partial charge on any atom is -0.497 e. The van der Waals surface area contributed by atoms with Crippen molar-refractivity contribution in [2.45, 2.75) is 18.6 Å². The van der Waals surface area contributed by atoms with E-state index in [-0.39, 0.29) is 23.2 Å². The lowest BCUT2D eigenvalue weighted by Gasteiger charge is -2.51. The van der Waals surface area contributed by atoms with Crippen LogP contribution in [-0.2, 0) is 11.3 Å². The highest BCUT2D eigenvalue weighted by molar-refractivity contribution is 6.36. The molecule has 1 saturated heterocycles. The second kappa shape index (κ2) is 11.6. The van der Waals surface area contributed by atoms with Crippen LogP contribution in [0.5, 0.6) is 5.75 Å². The third kappa shape index (κ3) is 5.05. The quantitative estimate of drug-likeness (QED) is 0.235. The van der Waals surface area contributed by atoms with E-state index in [1.165, 1.54) is 0 Å². The van der Waals surface area contributed by atoms with E-state index in [0.717, 1.165) is 34.3 Å². The van der Waals surface area contributed by atoms with Gasteiger partial charge in [0.25, 0.3) is 5.91 Å². The fourth-order valence-corrected chi connectivity index (χ4v) is 7.11. The van der Waals surface area contributed by atoms with E-state index in [2.05, 4.69) is 50.9 Å². The largest absolute Gasteiger partial charge is 0.497 e. The molecule has 0 bridgehead atoms. The van der Waals surface area contributed by atoms with Crippen molar-refractivity contribution in [3.05, 3.63) is 89.5 Å². The van der Waals surface area contributed by atoms with E-state index < -0.39 is 11.9 Å². The van der Waals surface area contributed by atoms with Gasteiger partial charge in [-0.3, -0.25) is 19.7 Å². The molecule has 0 radical (unpaired) electrons. The molecule has 0 saturated carbocycles. The molecule has 8 nitrogen and oxygen atoms in total. The first-order valence-corrected chi connectivity index (χ1v) is 15.3. The first kappa shape index (κ1) is 29.4. The van der Waals surface area contributed by atoms with Gasteiger partial charge in [0.15, 0.2) is 5.82 Å². The van der Waals surface area contributed by atoms with Crippen molar-refractivity contribution in [1.29, 1.82) is 0 Å². The van der Waals surface area contributed by atoms with Gasteiger partial charge < -0.3 is 19.4 Å². The molecule has 1 amide bonds. The number of anilines is 2. The molecule has 2 aliphatic rings. The van der Waals surface area contributed by atoms with Crippen molar-refractivity contribution >= 4 is 50.6 Å². The highest BCUT2D eigenvalue weighted by atomic mass is 35.5. The average Bonchev–Trinajstić information content (AvgIpc) is 3.04. The zero-order valence-corrected chi connectivity index (χ0v) is 26.4. The summed E-state index contributed by atoms with van der Waals surface area (Å²) in [5.74, 6) is 0.283. The first-order chi connectivity index (χ1) is 21.7. The third-order valence-electron chi connectivity index (χ3n) is 9.01. The van der Waals surface area contributed by atoms with E-state index in [4.69, 9.17) is 16.3 Å². The number of carbonyl (C=O) groups is 1. The van der Waals surface area contributed by atoms with Gasteiger partial charge in [0.2, 0.25) is 0 Å². The zero-order chi connectivity index (χ0) is 31.4. The van der Waals surface area contributed by atoms with E-state index in [1.807, 2.05) is 42.5 Å². The van der Waals surface area contributed by atoms with Crippen molar-refractivity contribution in [3.8, 4) is 17.0 Å². The molecule has 5 aromatic rings. The van der Waals surface area contributed by atoms with E-state index >= 15 is 4.39 Å². The summed E-state index contributed by atoms with van der Waals surface area (Å²) in [5, 5.41) is 2.76. The molecule has 10 heteroatoms. The minimum atomic E-state index is -0.512. The number of nitrogens with zero attached hydrogens (tertiary/aromatic N) is 6. The summed E-state index contributed by atoms with van der Waals surface area (Å²) in [7, 11) is 7.54. The normalized spacial score (nSPS) is 18.5. The second-order valence-electron chi connectivity index (χ2n) is 12.1. The van der Waals surface area contributed by atoms with Crippen molar-refractivity contribution < 1.29 is 13.9 Å². The number of fused-ring (bicyclic) bond motifs is 6. The van der Waals surface area contributed by atoms with Crippen LogP contribution >= 0.6 is 11.6 Å². The van der Waals surface area contributed by atoms with Gasteiger partial charge in [-0.15, -0.1) is 0 Å². The smallest absolute Gasteiger partial charge is 0.250 e. The van der Waals surface area contributed by atoms with Crippen molar-refractivity contribution in [2.75, 3.05) is 57.7 Å². The van der Waals surface area contributed by atoms with Crippen LogP contribution in [0.25, 0.3) is 32.9 Å². The number of amides is 1. The number of aromatic nitrogens is 2. The topological polar surface area (TPSA) is 65.0 Å². The molecule has 0 spiro atoms. The molecule has 45 heavy (non-hydrogen) atoms. The second-order valence-corrected chi connectivity index (χ2v) is 12.5. The standard InChI is InChI=1S/C35H34ClFN6O2/c1-40(2)18-23-19-43-29(20-42(23)17-21-11-13-24(45-4)14-12-21)35(44)41(3)28-16-39-33-26(34(28)43)15-38-32(31(33)37)25-9-5-7-22-8-6-10-27(36)30(22)25/h5-16,23,29H,17-20H2,1-4H3/t23-,29-/m0/s1. The number of carbonyl (C=O) groups excluding carboxylic acids is 1. The molecule has 2 atom stereocenters. The van der Waals surface area contributed by atoms with E-state index in [9.17, 15) is 4.79 Å². The number of ether oxygens (including phenoxy) is 1. The van der Waals surface area contributed by atoms with Gasteiger partial charge in [0.1, 0.15) is 23.0 Å². The Morgan fingerprint density at radius 3 is 2.51 bits per heavy atom. The molecule has 230 valence electrons. The Balaban J connectivity index is 1.32. The van der Waals surface area contributed by atoms with Crippen LogP contribution in [0.3, 0.4) is 0 Å². The molecule has 1 fully saturated rings. The lowest BCUT2D eigenvalue weighted by Crippen LogP contribution is -2.66. The van der Waals surface area contributed by atoms with Crippen LogP contribution in [0, 0.1) is 5.82 Å². The average molecular weight is 625 g/mol. The van der Waals surface area contributed by atoms with Gasteiger partial charge in [0, 0.05) is 66.8 Å². The lowest BCUT2D eigenvalue weighted by atomic mass is 9.97. The maximum absolute atomic E-state index is 16.5. The number of pyridine rings is 2. The Morgan fingerprint density at radius 2 is 1.78 bits per heavy atom. The number of halogens is 2. The van der Waals surface area contributed by atoms with E-state index in [1.54, 1.807) is 37.5 Å². The highest BCUT2D eigenvalue weighted by Gasteiger charge is 2.44. The fourth-order valence-electron chi connectivity index (χ4n) is 6.82. The molecule has 2 aliphatic heterocycles. The summed E-state index contributed by atoms with van der Waals surface area (Å²) in [4.78, 5) is 31.4. The fraction of sp³-hybridized carbons (Fsp3) is 0.286. The predicted octanol–water partition coefficient (Wildman–Crippen LogP) is 5.85. The van der Waals surface area contributed by atoms with Crippen LogP contribution in [-0.4, -0.2) is 85.6 Å². The number of piperazine rings is 1. The maximum atomic E-state index is 16.5. The van der Waals surface area contributed by atoms with Gasteiger partial charge in [0.05, 0.1) is 24.7 Å². The Bertz CT molecular complexity index is 1930. The van der Waals surface area contributed by atoms with Crippen LogP contribution in [0.4, 0.5) is 15.8 Å². The number of hydrogen-bond acceptors (Lipinski definition) is 7. The summed E-state index contributed by atoms with van der Waals surface area (Å²) in [5.41, 5.74) is 3.61. The maximum Gasteiger partial charge on any atom is 0.250 e. The van der Waals surface area contributed by atoms with Crippen molar-refractivity contribution in [1.82, 2.24) is 19.8 Å². The molecule has 3 aromatic carbocycles. The van der Waals surface area contributed by atoms with Gasteiger partial charge in [-0.1, -0.05) is 54.1 Å². The number of rotatable bonds is 6. The molecular weight excluding hydrogens is 591 g/mol. The summed E-state index contributed by atoms with van der Waals surface area (Å²) in [6.07, 6.45) is 3.31. The monoisotopic (exact) mass is 624 g/mol. The molecule has 0 aliphatic carbocycles. The van der Waals surface area contributed by atoms with Gasteiger partial charge in [-0.05, 0) is 43.2 Å². The Kier molecular flexibility index (Phi) is 7.55. The highest BCUT2D eigenvalue weighted by Crippen LogP contribution is 2.44. The minimum absolute atomic E-state index is 0.0119. The van der Waals surface area contributed by atoms with E-state index in [0.29, 0.717) is 41.3 Å². The lowest BCUT2D eigenvalue weighted by molar-refractivity contribution is -0.121. The van der Waals surface area contributed by atoms with Gasteiger partial charge in [-0.25, -0.2) is 4.39 Å². The van der Waals surface area contributed by atoms with Crippen LogP contribution < -0.4 is 14.5 Å². The predicted molar refractivity (Wildman–Crippen MR) is 178 cm³/mol. The van der Waals surface area contributed by atoms with Crippen LogP contribution in [0.2, 0.25) is 5.02 Å². The van der Waals surface area contributed by atoms with Gasteiger partial charge >= 0.3 is 0 Å². The number of hydrogen-bond donors (Lipinski definition) is 0. The first-order valence-electron chi connectivity index (χ1n) is 15.0. The van der Waals surface area contributed by atoms with Crippen LogP contribution in [0.1, 0.15) is 5.56 Å². The number of likely N-dealkylation sites (N-methyl/N-ethyl adjacent to an activating group) is 2. The summed E-state index contributed by atoms with van der Waals surface area (Å²) in [6.45, 7) is 2.60. The summed E-state index contributed by atoms with van der Waals surface area (Å²) < 4.78 is 21.8. The summed E-state index contributed by atoms with van der Waals surface area (Å²) >= 11 is 6.59. The van der Waals surface area contributed by atoms with Crippen molar-refractivity contribution in [2.24, 2.45) is 0 Å². The number of methoxy groups -OCH3 is 1. The molecular formula is C35H34ClFN6O2. The Morgan fingerprint density at radius 1 is 1.02 bits per heavy atom. The SMILES string of the molecule is COc1ccc(CN2C[C@H]3C(=O)N(C)c4cnc5c(F)c(-c6cccc7cccc(Cl)c67)ncc5c4N3C[C@@H]2CN(C)C)cc1. The molecule has 0 N–H and O–H groups in total. The van der Waals surface area contributed by atoms with Crippen LogP contribution in [0.15, 0.2) is 73.1 Å². The summed E-state index contributed by atoms with van der Waals surface area (Å²) in [6, 6.07) is 19.0. The molecule has 7 rings (SSSR count). The molecule has 2 aromatic heterocycles.